The molecule has 3 aliphatic rings. The third-order valence-corrected chi connectivity index (χ3v) is 11.7. The predicted molar refractivity (Wildman–Crippen MR) is 170 cm³/mol. The Kier molecular flexibility index (Phi) is 10.3. The summed E-state index contributed by atoms with van der Waals surface area (Å²) in [6.45, 7) is 6.98. The predicted octanol–water partition coefficient (Wildman–Crippen LogP) is 3.70. The van der Waals surface area contributed by atoms with Gasteiger partial charge in [-0.1, -0.05) is 18.2 Å². The molecule has 0 spiro atoms. The van der Waals surface area contributed by atoms with Gasteiger partial charge in [-0.05, 0) is 90.6 Å². The van der Waals surface area contributed by atoms with Gasteiger partial charge in [0.15, 0.2) is 5.75 Å². The van der Waals surface area contributed by atoms with E-state index in [0.717, 1.165) is 75.6 Å². The number of hydrogen-bond donors (Lipinski definition) is 1. The molecule has 4 heterocycles. The summed E-state index contributed by atoms with van der Waals surface area (Å²) in [5, 5.41) is 12.6. The molecule has 1 unspecified atom stereocenters. The number of carbonyl (C=O) groups excluding carboxylic acids is 1. The molecule has 3 aliphatic heterocycles. The van der Waals surface area contributed by atoms with Gasteiger partial charge in [0.1, 0.15) is 0 Å². The highest BCUT2D eigenvalue weighted by Crippen LogP contribution is 2.36. The van der Waals surface area contributed by atoms with Crippen LogP contribution in [-0.4, -0.2) is 96.3 Å². The van der Waals surface area contributed by atoms with Gasteiger partial charge in [0.25, 0.3) is 5.56 Å². The van der Waals surface area contributed by atoms with Gasteiger partial charge in [0.2, 0.25) is 10.0 Å². The fourth-order valence-corrected chi connectivity index (χ4v) is 8.86. The number of para-hydroxylation sites is 1. The van der Waals surface area contributed by atoms with Crippen molar-refractivity contribution in [1.29, 1.82) is 5.26 Å². The summed E-state index contributed by atoms with van der Waals surface area (Å²) in [4.78, 5) is 30.7. The lowest BCUT2D eigenvalue weighted by Gasteiger charge is -2.39. The molecule has 240 valence electrons. The number of nitrogens with zero attached hydrogens (tertiary/aromatic N) is 5. The minimum Gasteiger partial charge on any atom is -0.404 e. The largest absolute Gasteiger partial charge is 0.413 e. The standard InChI is InChI=1S/C32H46N6O5S/c1-23(2)38-29-9-5-4-8-24(29)20-30(31(38)39)43-32(40)34-25-21-27-10-11-28(22-25)37(27)16-7-19-44(41,42)35(3)26-12-17-36(18-13-26)15-6-14-33/h4-5,8-9,20,23,25-28H,6-7,10-13,15-19,21-22H2,1-3H3,(H,34,40)/t25?,27-,28+. The molecular weight excluding hydrogens is 580 g/mol. The number of pyridine rings is 1. The van der Waals surface area contributed by atoms with Crippen molar-refractivity contribution in [3.05, 3.63) is 40.7 Å². The maximum Gasteiger partial charge on any atom is 0.413 e. The van der Waals surface area contributed by atoms with Crippen LogP contribution in [0.25, 0.3) is 10.9 Å². The van der Waals surface area contributed by atoms with Crippen LogP contribution in [-0.2, 0) is 10.0 Å². The van der Waals surface area contributed by atoms with Crippen molar-refractivity contribution in [3.8, 4) is 11.8 Å². The van der Waals surface area contributed by atoms with Crippen molar-refractivity contribution in [3.63, 3.8) is 0 Å². The summed E-state index contributed by atoms with van der Waals surface area (Å²) in [7, 11) is -1.65. The zero-order valence-electron chi connectivity index (χ0n) is 26.2. The Labute approximate surface area is 260 Å². The lowest BCUT2D eigenvalue weighted by Crippen LogP contribution is -2.51. The number of amides is 1. The molecule has 0 saturated carbocycles. The van der Waals surface area contributed by atoms with E-state index in [4.69, 9.17) is 10.00 Å². The second-order valence-corrected chi connectivity index (χ2v) is 15.0. The number of rotatable bonds is 11. The number of hydrogen-bond acceptors (Lipinski definition) is 8. The quantitative estimate of drug-likeness (QED) is 0.400. The number of sulfonamides is 1. The first kappa shape index (κ1) is 32.4. The van der Waals surface area contributed by atoms with Crippen LogP contribution < -0.4 is 15.6 Å². The molecule has 3 saturated heterocycles. The average Bonchev–Trinajstić information content (AvgIpc) is 3.23. The smallest absolute Gasteiger partial charge is 0.404 e. The Morgan fingerprint density at radius 2 is 1.80 bits per heavy atom. The molecule has 2 bridgehead atoms. The van der Waals surface area contributed by atoms with Gasteiger partial charge in [0, 0.05) is 55.6 Å². The molecule has 1 aromatic carbocycles. The molecule has 3 atom stereocenters. The molecule has 3 fully saturated rings. The zero-order chi connectivity index (χ0) is 31.4. The van der Waals surface area contributed by atoms with Crippen LogP contribution in [0, 0.1) is 11.3 Å². The van der Waals surface area contributed by atoms with Gasteiger partial charge in [0.05, 0.1) is 17.3 Å². The van der Waals surface area contributed by atoms with E-state index in [9.17, 15) is 18.0 Å². The SMILES string of the molecule is CC(C)n1c(=O)c(OC(=O)NC2C[C@H]3CC[C@@H](C2)N3CCCS(=O)(=O)N(C)C2CCN(CCC#N)CC2)cc2ccccc21. The lowest BCUT2D eigenvalue weighted by molar-refractivity contribution is 0.114. The van der Waals surface area contributed by atoms with Crippen LogP contribution >= 0.6 is 0 Å². The van der Waals surface area contributed by atoms with Crippen molar-refractivity contribution in [2.75, 3.05) is 39.0 Å². The highest BCUT2D eigenvalue weighted by atomic mass is 32.2. The summed E-state index contributed by atoms with van der Waals surface area (Å²) in [5.74, 6) is 0.146. The Balaban J connectivity index is 1.10. The summed E-state index contributed by atoms with van der Waals surface area (Å²) in [6.07, 6.45) is 5.65. The van der Waals surface area contributed by atoms with E-state index in [2.05, 4.69) is 21.2 Å². The zero-order valence-corrected chi connectivity index (χ0v) is 27.0. The highest BCUT2D eigenvalue weighted by Gasteiger charge is 2.41. The fraction of sp³-hybridized carbons (Fsp3) is 0.656. The van der Waals surface area contributed by atoms with Crippen LogP contribution in [0.5, 0.6) is 5.75 Å². The third-order valence-electron chi connectivity index (χ3n) is 9.71. The maximum absolute atomic E-state index is 13.2. The van der Waals surface area contributed by atoms with Crippen molar-refractivity contribution in [2.24, 2.45) is 0 Å². The second-order valence-electron chi connectivity index (χ2n) is 12.8. The number of ether oxygens (including phenoxy) is 1. The number of aromatic nitrogens is 1. The minimum absolute atomic E-state index is 0.0129. The van der Waals surface area contributed by atoms with Gasteiger partial charge < -0.3 is 19.5 Å². The number of fused-ring (bicyclic) bond motifs is 3. The number of nitriles is 1. The number of likely N-dealkylation sites (tertiary alicyclic amines) is 1. The first-order valence-corrected chi connectivity index (χ1v) is 17.6. The minimum atomic E-state index is -3.36. The van der Waals surface area contributed by atoms with Gasteiger partial charge in [-0.25, -0.2) is 17.5 Å². The van der Waals surface area contributed by atoms with E-state index < -0.39 is 16.1 Å². The molecule has 11 nitrogen and oxygen atoms in total. The molecule has 1 N–H and O–H groups in total. The molecule has 5 rings (SSSR count). The van der Waals surface area contributed by atoms with Gasteiger partial charge in [-0.3, -0.25) is 9.69 Å². The monoisotopic (exact) mass is 626 g/mol. The second kappa shape index (κ2) is 14.0. The average molecular weight is 627 g/mol. The van der Waals surface area contributed by atoms with Crippen molar-refractivity contribution >= 4 is 27.0 Å². The summed E-state index contributed by atoms with van der Waals surface area (Å²) in [6, 6.07) is 11.8. The Hall–Kier alpha value is -2.98. The van der Waals surface area contributed by atoms with Crippen LogP contribution in [0.4, 0.5) is 4.79 Å². The molecule has 44 heavy (non-hydrogen) atoms. The van der Waals surface area contributed by atoms with Crippen molar-refractivity contribution < 1.29 is 17.9 Å². The fourth-order valence-electron chi connectivity index (χ4n) is 7.41. The van der Waals surface area contributed by atoms with Gasteiger partial charge in [-0.2, -0.15) is 5.26 Å². The molecule has 0 aliphatic carbocycles. The maximum atomic E-state index is 13.2. The van der Waals surface area contributed by atoms with Gasteiger partial charge >= 0.3 is 6.09 Å². The van der Waals surface area contributed by atoms with Gasteiger partial charge in [-0.15, -0.1) is 0 Å². The summed E-state index contributed by atoms with van der Waals surface area (Å²) in [5.41, 5.74) is 0.475. The van der Waals surface area contributed by atoms with Crippen LogP contribution in [0.1, 0.15) is 71.3 Å². The molecule has 0 radical (unpaired) electrons. The van der Waals surface area contributed by atoms with Crippen molar-refractivity contribution in [2.45, 2.75) is 95.4 Å². The topological polar surface area (TPSA) is 128 Å². The van der Waals surface area contributed by atoms with E-state index >= 15 is 0 Å². The lowest BCUT2D eigenvalue weighted by atomic mass is 9.97. The Bertz CT molecular complexity index is 1510. The van der Waals surface area contributed by atoms with E-state index in [-0.39, 0.29) is 47.3 Å². The Morgan fingerprint density at radius 1 is 1.11 bits per heavy atom. The van der Waals surface area contributed by atoms with E-state index in [0.29, 0.717) is 12.8 Å². The molecule has 1 aromatic heterocycles. The molecule has 12 heteroatoms. The Morgan fingerprint density at radius 3 is 2.45 bits per heavy atom. The molecule has 2 aromatic rings. The highest BCUT2D eigenvalue weighted by molar-refractivity contribution is 7.89. The van der Waals surface area contributed by atoms with E-state index in [1.807, 2.05) is 38.1 Å². The normalized spacial score (nSPS) is 23.3. The van der Waals surface area contributed by atoms with Crippen LogP contribution in [0.15, 0.2) is 35.1 Å². The third kappa shape index (κ3) is 7.28. The van der Waals surface area contributed by atoms with Crippen molar-refractivity contribution in [1.82, 2.24) is 24.0 Å². The van der Waals surface area contributed by atoms with Crippen LogP contribution in [0.2, 0.25) is 0 Å². The number of carbonyl (C=O) groups is 1. The number of nitrogens with one attached hydrogen (secondary N) is 1. The van der Waals surface area contributed by atoms with Crippen LogP contribution in [0.3, 0.4) is 0 Å². The number of benzene rings is 1. The summed E-state index contributed by atoms with van der Waals surface area (Å²) < 4.78 is 35.1. The first-order chi connectivity index (χ1) is 21.1. The van der Waals surface area contributed by atoms with E-state index in [1.165, 1.54) is 0 Å². The summed E-state index contributed by atoms with van der Waals surface area (Å²) >= 11 is 0. The number of piperidine rings is 2. The van der Waals surface area contributed by atoms with E-state index in [1.54, 1.807) is 22.0 Å². The molecular formula is C32H46N6O5S. The molecule has 1 amide bonds. The first-order valence-electron chi connectivity index (χ1n) is 16.0.